The second-order valence-corrected chi connectivity index (χ2v) is 36.6. The van der Waals surface area contributed by atoms with E-state index >= 15 is 0 Å². The quantitative estimate of drug-likeness (QED) is 0.0168. The molecule has 11 heteroatoms. The molecule has 0 aliphatic carbocycles. The molecule has 2 aliphatic rings. The molecule has 10 aromatic rings. The Bertz CT molecular complexity index is 4970. The van der Waals surface area contributed by atoms with Crippen molar-refractivity contribution in [3.8, 4) is 68.6 Å². The normalized spacial score (nSPS) is 12.0. The molecule has 670 valence electrons. The van der Waals surface area contributed by atoms with E-state index in [9.17, 15) is 0 Å². The van der Waals surface area contributed by atoms with Crippen LogP contribution in [0.25, 0.3) is 112 Å². The number of H-pyrrole nitrogens is 2. The lowest BCUT2D eigenvalue weighted by atomic mass is 9.88. The summed E-state index contributed by atoms with van der Waals surface area (Å²) in [6, 6.07) is 42.2. The first-order valence-electron chi connectivity index (χ1n) is 50.4. The van der Waals surface area contributed by atoms with Crippen LogP contribution in [-0.4, -0.2) is 59.6 Å². The van der Waals surface area contributed by atoms with Crippen LogP contribution in [0.1, 0.15) is 384 Å². The van der Waals surface area contributed by atoms with E-state index in [1.807, 2.05) is 0 Å². The third-order valence-electron chi connectivity index (χ3n) is 25.7. The van der Waals surface area contributed by atoms with E-state index in [4.69, 9.17) is 38.4 Å². The lowest BCUT2D eigenvalue weighted by molar-refractivity contribution is 0.234. The maximum absolute atomic E-state index is 7.14. The van der Waals surface area contributed by atoms with Crippen LogP contribution in [0.5, 0.6) is 34.5 Å². The highest BCUT2D eigenvalue weighted by Crippen LogP contribution is 2.48. The van der Waals surface area contributed by atoms with Gasteiger partial charge in [-0.2, -0.15) is 0 Å². The predicted molar refractivity (Wildman–Crippen MR) is 540 cm³/mol. The van der Waals surface area contributed by atoms with Crippen LogP contribution in [-0.2, 0) is 0 Å². The number of hydrogen-bond donors (Lipinski definition) is 2. The van der Waals surface area contributed by atoms with Crippen molar-refractivity contribution in [1.82, 2.24) is 19.9 Å². The van der Waals surface area contributed by atoms with Crippen LogP contribution in [0.2, 0.25) is 0 Å². The number of aromatic amines is 2. The van der Waals surface area contributed by atoms with Crippen molar-refractivity contribution in [2.75, 3.05) is 39.6 Å². The van der Waals surface area contributed by atoms with Crippen LogP contribution in [0.4, 0.5) is 0 Å². The van der Waals surface area contributed by atoms with Gasteiger partial charge in [-0.25, -0.2) is 9.97 Å². The minimum atomic E-state index is 0.569. The topological polar surface area (TPSA) is 113 Å². The van der Waals surface area contributed by atoms with Gasteiger partial charge < -0.3 is 38.4 Å². The highest BCUT2D eigenvalue weighted by molar-refractivity contribution is 9.10. The smallest absolute Gasteiger partial charge is 0.203 e. The van der Waals surface area contributed by atoms with Crippen LogP contribution < -0.4 is 28.4 Å². The Kier molecular flexibility index (Phi) is 41.1. The summed E-state index contributed by atoms with van der Waals surface area (Å²) in [7, 11) is 0. The fourth-order valence-corrected chi connectivity index (χ4v) is 18.9. The minimum Gasteiger partial charge on any atom is -0.490 e. The molecule has 5 heterocycles. The Balaban J connectivity index is 1.03. The van der Waals surface area contributed by atoms with E-state index in [-0.39, 0.29) is 0 Å². The Morgan fingerprint density at radius 1 is 0.272 bits per heavy atom. The number of benzene rings is 7. The summed E-state index contributed by atoms with van der Waals surface area (Å²) < 4.78 is 43.5. The Hall–Kier alpha value is -8.72. The number of nitrogens with zero attached hydrogens (tertiary/aromatic N) is 2. The maximum atomic E-state index is 7.14. The molecule has 0 unspecified atom stereocenters. The SMILES string of the molecule is CCCCCCCCCCOc1cc(-c2c3nc(c(C#Cc4ccc5c6cccc7cccc(c8cccc4c85)c76)c4ccc([nH]4)c(-c4cc(OCCCCCCCCCC)c(OCCCCCCCCCC)c(OCCCCCCCCCC)c4)c4nc(c(Br)c5ccc2[nH]5)C=C4)C=C3)cc(OCCCCCCCCCC)c1OCCCCCCCCCC. The van der Waals surface area contributed by atoms with Gasteiger partial charge in [0.2, 0.25) is 11.5 Å². The maximum Gasteiger partial charge on any atom is 0.203 e. The third kappa shape index (κ3) is 28.1. The Morgan fingerprint density at radius 2 is 0.568 bits per heavy atom. The summed E-state index contributed by atoms with van der Waals surface area (Å²) in [6.45, 7) is 17.2. The lowest BCUT2D eigenvalue weighted by Gasteiger charge is -2.19. The molecular formula is C114H151BrN4O6. The summed E-state index contributed by atoms with van der Waals surface area (Å²) in [6.07, 6.45) is 66.8. The molecule has 125 heavy (non-hydrogen) atoms. The number of nitrogens with one attached hydrogen (secondary N) is 2. The average molecular weight is 1750 g/mol. The van der Waals surface area contributed by atoms with E-state index < -0.39 is 0 Å². The molecule has 10 nitrogen and oxygen atoms in total. The zero-order valence-electron chi connectivity index (χ0n) is 77.7. The molecule has 8 bridgehead atoms. The van der Waals surface area contributed by atoms with Crippen LogP contribution in [0.15, 0.2) is 120 Å². The van der Waals surface area contributed by atoms with Gasteiger partial charge in [-0.15, -0.1) is 0 Å². The van der Waals surface area contributed by atoms with E-state index in [1.165, 1.54) is 269 Å². The number of hydrogen-bond acceptors (Lipinski definition) is 8. The zero-order chi connectivity index (χ0) is 86.7. The van der Waals surface area contributed by atoms with Crippen molar-refractivity contribution < 1.29 is 28.4 Å². The largest absolute Gasteiger partial charge is 0.490 e. The summed E-state index contributed by atoms with van der Waals surface area (Å²) in [5.74, 6) is 11.9. The fraction of sp³-hybridized carbons (Fsp3) is 0.526. The fourth-order valence-electron chi connectivity index (χ4n) is 18.4. The van der Waals surface area contributed by atoms with E-state index in [2.05, 4.69) is 219 Å². The molecule has 2 N–H and O–H groups in total. The highest BCUT2D eigenvalue weighted by atomic mass is 79.9. The Morgan fingerprint density at radius 3 is 0.960 bits per heavy atom. The molecule has 0 radical (unpaired) electrons. The first-order chi connectivity index (χ1) is 61.8. The van der Waals surface area contributed by atoms with Gasteiger partial charge in [0, 0.05) is 27.7 Å². The molecule has 0 atom stereocenters. The predicted octanol–water partition coefficient (Wildman–Crippen LogP) is 35.3. The molecule has 7 aromatic carbocycles. The van der Waals surface area contributed by atoms with Crippen LogP contribution in [0, 0.1) is 11.8 Å². The second-order valence-electron chi connectivity index (χ2n) is 35.8. The summed E-state index contributed by atoms with van der Waals surface area (Å²) in [5.41, 5.74) is 11.8. The molecule has 0 amide bonds. The monoisotopic (exact) mass is 1750 g/mol. The second kappa shape index (κ2) is 53.8. The van der Waals surface area contributed by atoms with Crippen molar-refractivity contribution >= 4 is 105 Å². The minimum absolute atomic E-state index is 0.569. The van der Waals surface area contributed by atoms with Gasteiger partial charge in [0.05, 0.1) is 83.5 Å². The number of fused-ring (bicyclic) bond motifs is 10. The molecule has 0 saturated carbocycles. The zero-order valence-corrected chi connectivity index (χ0v) is 79.3. The Labute approximate surface area is 760 Å². The standard InChI is InChI=1S/C114H151BrN4O6/c1-7-13-19-25-31-37-43-49-76-120-104-82-88(83-105(121-77-50-44-38-32-26-20-14-8-2)113(104)124-80-53-47-41-35-29-23-17-11-5)109-98-70-68-96(116-98)95(67-65-86-64-66-94-92-62-56-59-87-58-55-61-91(108(87)92)93-63-57-60-90(86)111(93)94)97-69-71-99(117-97)110(101-73-75-103(119-101)112(115)102-74-72-100(109)118-102)89-84-106(122-78-51-45-39-33-27-21-15-9-3)114(125-81-54-48-42-36-30-24-18-12-6)107(85-89)123-79-52-46-40-34-28-22-16-10-4/h55-64,66,68-75,82-85,116,119H,7-54,76-81H2,1-6H3. The van der Waals surface area contributed by atoms with Crippen LogP contribution in [0.3, 0.4) is 0 Å². The number of halogens is 1. The molecule has 0 saturated heterocycles. The van der Waals surface area contributed by atoms with Gasteiger partial charge in [-0.1, -0.05) is 384 Å². The molecule has 0 fully saturated rings. The van der Waals surface area contributed by atoms with Crippen molar-refractivity contribution in [1.29, 1.82) is 0 Å². The van der Waals surface area contributed by atoms with Crippen molar-refractivity contribution in [3.63, 3.8) is 0 Å². The molecule has 3 aromatic heterocycles. The van der Waals surface area contributed by atoms with E-state index in [1.54, 1.807) is 0 Å². The highest BCUT2D eigenvalue weighted by Gasteiger charge is 2.25. The van der Waals surface area contributed by atoms with Crippen molar-refractivity contribution in [2.24, 2.45) is 0 Å². The number of ether oxygens (including phenoxy) is 6. The lowest BCUT2D eigenvalue weighted by Crippen LogP contribution is -2.07. The molecule has 12 rings (SSSR count). The van der Waals surface area contributed by atoms with Gasteiger partial charge in [0.25, 0.3) is 0 Å². The van der Waals surface area contributed by atoms with E-state index in [0.717, 1.165) is 165 Å². The van der Waals surface area contributed by atoms with Crippen LogP contribution >= 0.6 is 15.9 Å². The third-order valence-corrected chi connectivity index (χ3v) is 26.5. The van der Waals surface area contributed by atoms with E-state index in [0.29, 0.717) is 74.1 Å². The number of aromatic nitrogens is 4. The van der Waals surface area contributed by atoms with Gasteiger partial charge in [0.15, 0.2) is 23.0 Å². The first-order valence-corrected chi connectivity index (χ1v) is 51.2. The summed E-state index contributed by atoms with van der Waals surface area (Å²) in [5, 5.41) is 9.83. The van der Waals surface area contributed by atoms with Crippen molar-refractivity contribution in [2.45, 2.75) is 350 Å². The first kappa shape index (κ1) is 95.4. The van der Waals surface area contributed by atoms with Gasteiger partial charge in [-0.05, 0) is 188 Å². The number of rotatable bonds is 62. The molecule has 2 aliphatic heterocycles. The molecular weight excluding hydrogens is 1600 g/mol. The summed E-state index contributed by atoms with van der Waals surface area (Å²) >= 11 is 4.21. The summed E-state index contributed by atoms with van der Waals surface area (Å²) in [4.78, 5) is 19.6. The van der Waals surface area contributed by atoms with Gasteiger partial charge in [0.1, 0.15) is 0 Å². The van der Waals surface area contributed by atoms with Gasteiger partial charge >= 0.3 is 0 Å². The van der Waals surface area contributed by atoms with Gasteiger partial charge in [-0.3, -0.25) is 0 Å². The molecule has 0 spiro atoms. The average Bonchev–Trinajstić information content (AvgIpc) is 1.41. The number of unbranched alkanes of at least 4 members (excludes halogenated alkanes) is 42. The van der Waals surface area contributed by atoms with Crippen molar-refractivity contribution in [3.05, 3.63) is 154 Å².